The summed E-state index contributed by atoms with van der Waals surface area (Å²) in [6.45, 7) is 1.85. The van der Waals surface area contributed by atoms with E-state index >= 15 is 0 Å². The van der Waals surface area contributed by atoms with Crippen LogP contribution in [-0.2, 0) is 0 Å². The number of halogens is 3. The molecule has 3 aromatic rings. The zero-order valence-electron chi connectivity index (χ0n) is 10.4. The van der Waals surface area contributed by atoms with Crippen molar-refractivity contribution < 1.29 is 4.39 Å². The van der Waals surface area contributed by atoms with Gasteiger partial charge in [-0.2, -0.15) is 0 Å². The van der Waals surface area contributed by atoms with Crippen molar-refractivity contribution in [2.45, 2.75) is 6.92 Å². The van der Waals surface area contributed by atoms with Gasteiger partial charge in [0.25, 0.3) is 0 Å². The molecule has 0 fully saturated rings. The summed E-state index contributed by atoms with van der Waals surface area (Å²) in [5.74, 6) is -0.277. The molecule has 1 aromatic heterocycles. The van der Waals surface area contributed by atoms with Crippen molar-refractivity contribution in [3.05, 3.63) is 51.2 Å². The maximum absolute atomic E-state index is 13.4. The van der Waals surface area contributed by atoms with Crippen molar-refractivity contribution in [3.8, 4) is 0 Å². The van der Waals surface area contributed by atoms with Crippen LogP contribution in [0, 0.1) is 12.7 Å². The number of thiazole rings is 1. The normalized spacial score (nSPS) is 11.0. The number of hydrogen-bond acceptors (Lipinski definition) is 3. The number of rotatable bonds is 2. The molecule has 0 saturated carbocycles. The summed E-state index contributed by atoms with van der Waals surface area (Å²) in [6, 6.07) is 8.81. The average molecular weight is 372 g/mol. The van der Waals surface area contributed by atoms with E-state index in [1.165, 1.54) is 17.4 Å². The first-order chi connectivity index (χ1) is 9.54. The first-order valence-corrected chi connectivity index (χ1v) is 7.81. The molecular weight excluding hydrogens is 363 g/mol. The molecule has 0 radical (unpaired) electrons. The Bertz CT molecular complexity index is 803. The van der Waals surface area contributed by atoms with E-state index in [9.17, 15) is 4.39 Å². The van der Waals surface area contributed by atoms with Gasteiger partial charge in [-0.3, -0.25) is 0 Å². The Morgan fingerprint density at radius 2 is 2.15 bits per heavy atom. The molecule has 102 valence electrons. The molecule has 0 aliphatic heterocycles. The Kier molecular flexibility index (Phi) is 3.67. The van der Waals surface area contributed by atoms with Crippen molar-refractivity contribution >= 4 is 59.9 Å². The van der Waals surface area contributed by atoms with Gasteiger partial charge in [0.05, 0.1) is 19.7 Å². The number of benzene rings is 2. The van der Waals surface area contributed by atoms with E-state index in [1.54, 1.807) is 6.07 Å². The van der Waals surface area contributed by atoms with Crippen molar-refractivity contribution in [2.24, 2.45) is 0 Å². The summed E-state index contributed by atoms with van der Waals surface area (Å²) in [6.07, 6.45) is 0. The lowest BCUT2D eigenvalue weighted by molar-refractivity contribution is 0.620. The lowest BCUT2D eigenvalue weighted by atomic mass is 10.2. The fraction of sp³-hybridized carbons (Fsp3) is 0.0714. The molecule has 2 aromatic carbocycles. The maximum Gasteiger partial charge on any atom is 0.188 e. The molecule has 0 aliphatic rings. The summed E-state index contributed by atoms with van der Waals surface area (Å²) in [5.41, 5.74) is 2.48. The molecule has 0 bridgehead atoms. The molecule has 0 amide bonds. The second-order valence-corrected chi connectivity index (χ2v) is 6.57. The third-order valence-electron chi connectivity index (χ3n) is 2.88. The van der Waals surface area contributed by atoms with Crippen molar-refractivity contribution in [1.82, 2.24) is 4.98 Å². The largest absolute Gasteiger partial charge is 0.331 e. The summed E-state index contributed by atoms with van der Waals surface area (Å²) >= 11 is 10.8. The van der Waals surface area contributed by atoms with Gasteiger partial charge in [0.2, 0.25) is 0 Å². The van der Waals surface area contributed by atoms with Gasteiger partial charge in [-0.05, 0) is 52.7 Å². The number of nitrogens with one attached hydrogen (secondary N) is 1. The smallest absolute Gasteiger partial charge is 0.188 e. The lowest BCUT2D eigenvalue weighted by Crippen LogP contribution is -1.94. The summed E-state index contributed by atoms with van der Waals surface area (Å²) in [7, 11) is 0. The number of aromatic nitrogens is 1. The topological polar surface area (TPSA) is 24.9 Å². The van der Waals surface area contributed by atoms with E-state index < -0.39 is 0 Å². The zero-order valence-corrected chi connectivity index (χ0v) is 13.5. The molecule has 2 nitrogen and oxygen atoms in total. The zero-order chi connectivity index (χ0) is 14.3. The van der Waals surface area contributed by atoms with Crippen LogP contribution in [0.3, 0.4) is 0 Å². The fourth-order valence-corrected chi connectivity index (χ4v) is 3.38. The van der Waals surface area contributed by atoms with Crippen LogP contribution in [0.4, 0.5) is 15.2 Å². The van der Waals surface area contributed by atoms with Gasteiger partial charge in [0, 0.05) is 5.69 Å². The highest BCUT2D eigenvalue weighted by atomic mass is 79.9. The molecule has 20 heavy (non-hydrogen) atoms. The predicted molar refractivity (Wildman–Crippen MR) is 86.7 cm³/mol. The summed E-state index contributed by atoms with van der Waals surface area (Å²) < 4.78 is 14.8. The molecule has 0 aliphatic carbocycles. The minimum Gasteiger partial charge on any atom is -0.331 e. The molecule has 1 N–H and O–H groups in total. The van der Waals surface area contributed by atoms with E-state index in [2.05, 4.69) is 26.2 Å². The molecule has 0 atom stereocenters. The van der Waals surface area contributed by atoms with Crippen LogP contribution in [0.15, 0.2) is 34.8 Å². The van der Waals surface area contributed by atoms with Crippen molar-refractivity contribution in [2.75, 3.05) is 5.32 Å². The van der Waals surface area contributed by atoms with Crippen LogP contribution in [0.1, 0.15) is 5.56 Å². The van der Waals surface area contributed by atoms with Crippen LogP contribution in [-0.4, -0.2) is 4.98 Å². The first-order valence-electron chi connectivity index (χ1n) is 5.82. The van der Waals surface area contributed by atoms with Crippen LogP contribution in [0.2, 0.25) is 5.02 Å². The Morgan fingerprint density at radius 1 is 1.35 bits per heavy atom. The standard InChI is InChI=1S/C14H9BrClFN2S/c1-7-5-10(17)8(15)6-12(7)19-14-18-11-4-2-3-9(16)13(11)20-14/h2-6H,1H3,(H,18,19). The third-order valence-corrected chi connectivity index (χ3v) is 4.93. The second-order valence-electron chi connectivity index (χ2n) is 4.31. The highest BCUT2D eigenvalue weighted by Crippen LogP contribution is 2.34. The number of hydrogen-bond donors (Lipinski definition) is 1. The molecule has 0 unspecified atom stereocenters. The molecular formula is C14H9BrClFN2S. The van der Waals surface area contributed by atoms with E-state index in [0.29, 0.717) is 9.50 Å². The number of anilines is 2. The van der Waals surface area contributed by atoms with E-state index in [0.717, 1.165) is 26.6 Å². The molecule has 6 heteroatoms. The molecule has 1 heterocycles. The van der Waals surface area contributed by atoms with Crippen LogP contribution in [0.25, 0.3) is 10.2 Å². The summed E-state index contributed by atoms with van der Waals surface area (Å²) in [5, 5.41) is 4.63. The average Bonchev–Trinajstić information content (AvgIpc) is 2.80. The molecule has 3 rings (SSSR count). The Hall–Kier alpha value is -1.17. The Balaban J connectivity index is 2.01. The SMILES string of the molecule is Cc1cc(F)c(Br)cc1Nc1nc2cccc(Cl)c2s1. The number of aryl methyl sites for hydroxylation is 1. The summed E-state index contributed by atoms with van der Waals surface area (Å²) in [4.78, 5) is 4.48. The second kappa shape index (κ2) is 5.31. The fourth-order valence-electron chi connectivity index (χ4n) is 1.87. The Labute approximate surface area is 132 Å². The quantitative estimate of drug-likeness (QED) is 0.606. The first kappa shape index (κ1) is 13.8. The van der Waals surface area contributed by atoms with Gasteiger partial charge in [-0.25, -0.2) is 9.37 Å². The predicted octanol–water partition coefficient (Wildman–Crippen LogP) is 5.90. The lowest BCUT2D eigenvalue weighted by Gasteiger charge is -2.07. The minimum atomic E-state index is -0.277. The highest BCUT2D eigenvalue weighted by molar-refractivity contribution is 9.10. The molecule has 0 spiro atoms. The van der Waals surface area contributed by atoms with E-state index in [4.69, 9.17) is 11.6 Å². The monoisotopic (exact) mass is 370 g/mol. The van der Waals surface area contributed by atoms with Gasteiger partial charge in [-0.1, -0.05) is 29.0 Å². The van der Waals surface area contributed by atoms with Gasteiger partial charge in [0.1, 0.15) is 5.82 Å². The van der Waals surface area contributed by atoms with Crippen LogP contribution >= 0.6 is 38.9 Å². The van der Waals surface area contributed by atoms with E-state index in [1.807, 2.05) is 25.1 Å². The van der Waals surface area contributed by atoms with E-state index in [-0.39, 0.29) is 5.82 Å². The van der Waals surface area contributed by atoms with Gasteiger partial charge < -0.3 is 5.32 Å². The minimum absolute atomic E-state index is 0.277. The van der Waals surface area contributed by atoms with Crippen molar-refractivity contribution in [1.29, 1.82) is 0 Å². The Morgan fingerprint density at radius 3 is 2.90 bits per heavy atom. The van der Waals surface area contributed by atoms with Gasteiger partial charge >= 0.3 is 0 Å². The van der Waals surface area contributed by atoms with Gasteiger partial charge in [-0.15, -0.1) is 0 Å². The van der Waals surface area contributed by atoms with Crippen molar-refractivity contribution in [3.63, 3.8) is 0 Å². The van der Waals surface area contributed by atoms with Crippen LogP contribution in [0.5, 0.6) is 0 Å². The maximum atomic E-state index is 13.4. The third kappa shape index (κ3) is 2.53. The number of nitrogens with zero attached hydrogens (tertiary/aromatic N) is 1. The van der Waals surface area contributed by atoms with Gasteiger partial charge in [0.15, 0.2) is 5.13 Å². The highest BCUT2D eigenvalue weighted by Gasteiger charge is 2.10. The van der Waals surface area contributed by atoms with Crippen LogP contribution < -0.4 is 5.32 Å². The molecule has 0 saturated heterocycles. The number of fused-ring (bicyclic) bond motifs is 1.